The van der Waals surface area contributed by atoms with Crippen LogP contribution in [0.5, 0.6) is 0 Å². The van der Waals surface area contributed by atoms with Gasteiger partial charge in [-0.1, -0.05) is 26.0 Å². The molecule has 2 aliphatic rings. The molecule has 1 atom stereocenters. The highest BCUT2D eigenvalue weighted by Gasteiger charge is 2.36. The van der Waals surface area contributed by atoms with Gasteiger partial charge in [0.25, 0.3) is 5.78 Å². The summed E-state index contributed by atoms with van der Waals surface area (Å²) in [7, 11) is 0. The lowest BCUT2D eigenvalue weighted by atomic mass is 9.97. The average molecular weight is 517 g/mol. The molecular weight excluding hydrogens is 485 g/mol. The van der Waals surface area contributed by atoms with Crippen molar-refractivity contribution in [3.05, 3.63) is 52.0 Å². The Labute approximate surface area is 213 Å². The molecule has 2 aromatic heterocycles. The van der Waals surface area contributed by atoms with Crippen LogP contribution < -0.4 is 5.32 Å². The first-order valence-corrected chi connectivity index (χ1v) is 12.6. The van der Waals surface area contributed by atoms with Crippen molar-refractivity contribution < 1.29 is 22.7 Å². The molecule has 1 N–H and O–H groups in total. The third-order valence-electron chi connectivity index (χ3n) is 7.38. The molecule has 0 saturated carbocycles. The van der Waals surface area contributed by atoms with Gasteiger partial charge in [0.05, 0.1) is 30.4 Å². The largest absolute Gasteiger partial charge is 0.416 e. The summed E-state index contributed by atoms with van der Waals surface area (Å²) in [5, 5.41) is 11.9. The van der Waals surface area contributed by atoms with Gasteiger partial charge in [-0.2, -0.15) is 18.2 Å². The van der Waals surface area contributed by atoms with Gasteiger partial charge in [-0.3, -0.25) is 9.20 Å². The number of carbonyl (C=O) groups is 1. The summed E-state index contributed by atoms with van der Waals surface area (Å²) in [4.78, 5) is 19.9. The number of hydrogen-bond acceptors (Lipinski definition) is 6. The maximum atomic E-state index is 13.5. The average Bonchev–Trinajstić information content (AvgIpc) is 3.48. The number of fused-ring (bicyclic) bond motifs is 3. The van der Waals surface area contributed by atoms with Crippen LogP contribution in [0.15, 0.2) is 18.2 Å². The lowest BCUT2D eigenvalue weighted by molar-refractivity contribution is -0.139. The van der Waals surface area contributed by atoms with Gasteiger partial charge in [0.1, 0.15) is 11.6 Å². The van der Waals surface area contributed by atoms with Crippen LogP contribution in [0.1, 0.15) is 79.3 Å². The third-order valence-corrected chi connectivity index (χ3v) is 7.38. The molecule has 8 nitrogen and oxygen atoms in total. The summed E-state index contributed by atoms with van der Waals surface area (Å²) in [6.07, 6.45) is -3.04. The van der Waals surface area contributed by atoms with Crippen LogP contribution in [0.4, 0.5) is 19.0 Å². The molecule has 3 aromatic rings. The summed E-state index contributed by atoms with van der Waals surface area (Å²) in [5.74, 6) is 1.76. The molecule has 1 fully saturated rings. The van der Waals surface area contributed by atoms with Gasteiger partial charge in [0.15, 0.2) is 0 Å². The summed E-state index contributed by atoms with van der Waals surface area (Å²) in [6, 6.07) is 3.74. The molecule has 4 heterocycles. The molecular formula is C26H31F3N6O2. The second-order valence-electron chi connectivity index (χ2n) is 10.2. The zero-order valence-electron chi connectivity index (χ0n) is 21.4. The van der Waals surface area contributed by atoms with E-state index in [2.05, 4.69) is 15.5 Å². The molecule has 0 radical (unpaired) electrons. The van der Waals surface area contributed by atoms with Crippen molar-refractivity contribution in [1.29, 1.82) is 0 Å². The normalized spacial score (nSPS) is 17.5. The molecule has 2 aliphatic heterocycles. The zero-order chi connectivity index (χ0) is 26.5. The molecule has 0 bridgehead atoms. The lowest BCUT2D eigenvalue weighted by Gasteiger charge is -2.26. The Morgan fingerprint density at radius 3 is 2.54 bits per heavy atom. The van der Waals surface area contributed by atoms with E-state index in [4.69, 9.17) is 9.72 Å². The van der Waals surface area contributed by atoms with E-state index in [1.165, 1.54) is 13.0 Å². The van der Waals surface area contributed by atoms with E-state index in [1.807, 2.05) is 30.1 Å². The van der Waals surface area contributed by atoms with Crippen LogP contribution in [-0.4, -0.2) is 43.6 Å². The van der Waals surface area contributed by atoms with E-state index in [0.29, 0.717) is 56.3 Å². The number of nitrogens with one attached hydrogen (secondary N) is 1. The van der Waals surface area contributed by atoms with Crippen LogP contribution in [0.2, 0.25) is 0 Å². The molecule has 1 amide bonds. The molecule has 11 heteroatoms. The predicted octanol–water partition coefficient (Wildman–Crippen LogP) is 5.02. The lowest BCUT2D eigenvalue weighted by Crippen LogP contribution is -2.35. The number of nitrogens with zero attached hydrogens (tertiary/aromatic N) is 5. The number of halogens is 3. The predicted molar refractivity (Wildman–Crippen MR) is 131 cm³/mol. The van der Waals surface area contributed by atoms with E-state index in [0.717, 1.165) is 23.1 Å². The Hall–Kier alpha value is -3.21. The van der Waals surface area contributed by atoms with Crippen LogP contribution in [0.3, 0.4) is 0 Å². The van der Waals surface area contributed by atoms with Crippen LogP contribution >= 0.6 is 0 Å². The van der Waals surface area contributed by atoms with Gasteiger partial charge in [0, 0.05) is 30.6 Å². The maximum absolute atomic E-state index is 13.5. The Balaban J connectivity index is 1.52. The number of alkyl halides is 3. The van der Waals surface area contributed by atoms with Crippen molar-refractivity contribution in [3.63, 3.8) is 0 Å². The van der Waals surface area contributed by atoms with Crippen molar-refractivity contribution >= 4 is 17.5 Å². The number of benzene rings is 1. The highest BCUT2D eigenvalue weighted by molar-refractivity contribution is 5.80. The van der Waals surface area contributed by atoms with E-state index >= 15 is 0 Å². The molecule has 0 unspecified atom stereocenters. The van der Waals surface area contributed by atoms with Gasteiger partial charge in [-0.05, 0) is 43.9 Å². The quantitative estimate of drug-likeness (QED) is 0.513. The molecule has 0 spiro atoms. The Morgan fingerprint density at radius 2 is 1.86 bits per heavy atom. The number of hydrogen-bond donors (Lipinski definition) is 1. The summed E-state index contributed by atoms with van der Waals surface area (Å²) in [6.45, 7) is 9.25. The Morgan fingerprint density at radius 1 is 1.14 bits per heavy atom. The van der Waals surface area contributed by atoms with Gasteiger partial charge in [0.2, 0.25) is 5.91 Å². The fourth-order valence-electron chi connectivity index (χ4n) is 5.38. The summed E-state index contributed by atoms with van der Waals surface area (Å²) >= 11 is 0. The zero-order valence-corrected chi connectivity index (χ0v) is 21.4. The maximum Gasteiger partial charge on any atom is 0.416 e. The van der Waals surface area contributed by atoms with E-state index in [9.17, 15) is 18.0 Å². The first-order valence-electron chi connectivity index (χ1n) is 12.6. The summed E-state index contributed by atoms with van der Waals surface area (Å²) in [5.41, 5.74) is 1.77. The minimum atomic E-state index is -4.43. The molecule has 1 aromatic carbocycles. The topological polar surface area (TPSA) is 84.7 Å². The monoisotopic (exact) mass is 516 g/mol. The molecule has 198 valence electrons. The van der Waals surface area contributed by atoms with Crippen molar-refractivity contribution in [2.24, 2.45) is 5.92 Å². The Kier molecular flexibility index (Phi) is 6.59. The second kappa shape index (κ2) is 9.59. The minimum Gasteiger partial charge on any atom is -0.381 e. The van der Waals surface area contributed by atoms with Crippen LogP contribution in [0.25, 0.3) is 5.78 Å². The number of ether oxygens (including phenoxy) is 1. The van der Waals surface area contributed by atoms with Gasteiger partial charge >= 0.3 is 6.18 Å². The van der Waals surface area contributed by atoms with Crippen LogP contribution in [-0.2, 0) is 28.8 Å². The fraction of sp³-hybridized carbons (Fsp3) is 0.538. The highest BCUT2D eigenvalue weighted by atomic mass is 19.4. The van der Waals surface area contributed by atoms with Crippen molar-refractivity contribution in [3.8, 4) is 0 Å². The Bertz CT molecular complexity index is 1330. The van der Waals surface area contributed by atoms with Crippen molar-refractivity contribution in [2.75, 3.05) is 18.5 Å². The number of rotatable bonds is 5. The number of aromatic nitrogens is 4. The standard InChI is InChI=1S/C26H31F3N6O2/c1-14(2)23-32-33-25-31-22(30-16(4)18-6-5-7-20(15(18)3)26(27,28)29)19-12-34(13-21(19)35(23)25)24(36)17-8-10-37-11-9-17/h5-7,14,16-17H,8-13H2,1-4H3,(H,30,31,33)/t16-/m1/s1. The number of carbonyl (C=O) groups excluding carboxylic acids is 1. The first-order chi connectivity index (χ1) is 17.6. The fourth-order valence-corrected chi connectivity index (χ4v) is 5.38. The smallest absolute Gasteiger partial charge is 0.381 e. The summed E-state index contributed by atoms with van der Waals surface area (Å²) < 4.78 is 47.9. The number of amides is 1. The van der Waals surface area contributed by atoms with E-state index in [1.54, 1.807) is 6.07 Å². The third kappa shape index (κ3) is 4.65. The molecule has 5 rings (SSSR count). The molecule has 37 heavy (non-hydrogen) atoms. The highest BCUT2D eigenvalue weighted by Crippen LogP contribution is 2.37. The van der Waals surface area contributed by atoms with Gasteiger partial charge in [-0.15, -0.1) is 10.2 Å². The minimum absolute atomic E-state index is 0.0829. The van der Waals surface area contributed by atoms with E-state index < -0.39 is 17.8 Å². The van der Waals surface area contributed by atoms with Crippen molar-refractivity contribution in [1.82, 2.24) is 24.5 Å². The van der Waals surface area contributed by atoms with Crippen LogP contribution in [0, 0.1) is 12.8 Å². The van der Waals surface area contributed by atoms with E-state index in [-0.39, 0.29) is 23.3 Å². The second-order valence-corrected chi connectivity index (χ2v) is 10.2. The van der Waals surface area contributed by atoms with Gasteiger partial charge in [-0.25, -0.2) is 0 Å². The van der Waals surface area contributed by atoms with Crippen molar-refractivity contribution in [2.45, 2.75) is 71.8 Å². The molecule has 1 saturated heterocycles. The molecule has 0 aliphatic carbocycles. The number of anilines is 1. The van der Waals surface area contributed by atoms with Gasteiger partial charge < -0.3 is 15.0 Å². The SMILES string of the molecule is Cc1c([C@@H](C)Nc2nc3nnc(C(C)C)n3c3c2CN(C(=O)C2CCOCC2)C3)cccc1C(F)(F)F. The first kappa shape index (κ1) is 25.4.